The number of carbonyl (C=O) groups excluding carboxylic acids is 1. The van der Waals surface area contributed by atoms with Crippen LogP contribution in [0.15, 0.2) is 66.7 Å². The highest BCUT2D eigenvalue weighted by molar-refractivity contribution is 6.06. The smallest absolute Gasteiger partial charge is 0.335 e. The number of carbonyl (C=O) groups is 3. The van der Waals surface area contributed by atoms with Gasteiger partial charge in [-0.05, 0) is 35.0 Å². The van der Waals surface area contributed by atoms with Crippen LogP contribution in [0.1, 0.15) is 31.1 Å². The van der Waals surface area contributed by atoms with Crippen LogP contribution in [0.3, 0.4) is 0 Å². The largest absolute Gasteiger partial charge is 0.478 e. The second-order valence-electron chi connectivity index (χ2n) is 5.08. The van der Waals surface area contributed by atoms with Gasteiger partial charge in [-0.2, -0.15) is 0 Å². The molecule has 0 radical (unpaired) electrons. The van der Waals surface area contributed by atoms with Gasteiger partial charge in [0.2, 0.25) is 5.91 Å². The van der Waals surface area contributed by atoms with E-state index in [9.17, 15) is 14.4 Å². The molecule has 0 unspecified atom stereocenters. The standard InChI is InChI=1S/C11H9NO.C8H6O4/c12-11(13)10-7-3-5-8-4-1-2-6-9(8)10;9-7(10)5-2-1-3-6(4-5)8(11)12/h1-7H,(H2,12,13);1-4H,(H,9,10)(H,11,12). The summed E-state index contributed by atoms with van der Waals surface area (Å²) >= 11 is 0. The minimum Gasteiger partial charge on any atom is -0.478 e. The lowest BCUT2D eigenvalue weighted by molar-refractivity contribution is 0.0696. The molecular formula is C19H15NO5. The molecule has 0 aliphatic rings. The van der Waals surface area contributed by atoms with Crippen molar-refractivity contribution >= 4 is 28.6 Å². The highest BCUT2D eigenvalue weighted by Gasteiger charge is 2.06. The molecule has 4 N–H and O–H groups in total. The van der Waals surface area contributed by atoms with Crippen LogP contribution in [0.4, 0.5) is 0 Å². The molecule has 6 heteroatoms. The fourth-order valence-corrected chi connectivity index (χ4v) is 2.23. The van der Waals surface area contributed by atoms with E-state index in [4.69, 9.17) is 15.9 Å². The number of benzene rings is 3. The molecule has 3 aromatic rings. The Morgan fingerprint density at radius 2 is 1.24 bits per heavy atom. The van der Waals surface area contributed by atoms with Gasteiger partial charge in [-0.15, -0.1) is 0 Å². The first-order chi connectivity index (χ1) is 11.9. The lowest BCUT2D eigenvalue weighted by Gasteiger charge is -2.01. The van der Waals surface area contributed by atoms with E-state index < -0.39 is 11.9 Å². The van der Waals surface area contributed by atoms with Gasteiger partial charge in [0.15, 0.2) is 0 Å². The molecule has 3 rings (SSSR count). The first kappa shape index (κ1) is 17.7. The molecule has 0 saturated heterocycles. The molecule has 0 spiro atoms. The fourth-order valence-electron chi connectivity index (χ4n) is 2.23. The van der Waals surface area contributed by atoms with Gasteiger partial charge in [-0.1, -0.05) is 42.5 Å². The number of carboxylic acids is 2. The Balaban J connectivity index is 0.000000181. The van der Waals surface area contributed by atoms with Crippen molar-refractivity contribution in [3.05, 3.63) is 83.4 Å². The molecule has 0 aliphatic heterocycles. The van der Waals surface area contributed by atoms with Crippen LogP contribution in [0.2, 0.25) is 0 Å². The average Bonchev–Trinajstić information content (AvgIpc) is 2.61. The van der Waals surface area contributed by atoms with Crippen LogP contribution < -0.4 is 5.73 Å². The molecule has 0 aliphatic carbocycles. The molecule has 0 atom stereocenters. The van der Waals surface area contributed by atoms with Crippen LogP contribution in [0, 0.1) is 0 Å². The molecule has 1 amide bonds. The third-order valence-corrected chi connectivity index (χ3v) is 3.41. The number of fused-ring (bicyclic) bond motifs is 1. The van der Waals surface area contributed by atoms with E-state index in [1.54, 1.807) is 6.07 Å². The summed E-state index contributed by atoms with van der Waals surface area (Å²) in [5.41, 5.74) is 5.79. The van der Waals surface area contributed by atoms with Gasteiger partial charge in [0, 0.05) is 5.56 Å². The molecular weight excluding hydrogens is 322 g/mol. The predicted molar refractivity (Wildman–Crippen MR) is 92.8 cm³/mol. The normalized spacial score (nSPS) is 9.76. The summed E-state index contributed by atoms with van der Waals surface area (Å²) in [6, 6.07) is 18.4. The number of hydrogen-bond acceptors (Lipinski definition) is 3. The summed E-state index contributed by atoms with van der Waals surface area (Å²) in [6.45, 7) is 0. The molecule has 25 heavy (non-hydrogen) atoms. The Bertz CT molecular complexity index is 915. The summed E-state index contributed by atoms with van der Waals surface area (Å²) in [6.07, 6.45) is 0. The van der Waals surface area contributed by atoms with Crippen molar-refractivity contribution in [2.45, 2.75) is 0 Å². The number of hydrogen-bond donors (Lipinski definition) is 3. The van der Waals surface area contributed by atoms with Crippen molar-refractivity contribution in [3.63, 3.8) is 0 Å². The summed E-state index contributed by atoms with van der Waals surface area (Å²) < 4.78 is 0. The van der Waals surface area contributed by atoms with Crippen molar-refractivity contribution in [1.29, 1.82) is 0 Å². The van der Waals surface area contributed by atoms with Crippen molar-refractivity contribution in [3.8, 4) is 0 Å². The van der Waals surface area contributed by atoms with Crippen molar-refractivity contribution in [2.75, 3.05) is 0 Å². The second kappa shape index (κ2) is 7.74. The third-order valence-electron chi connectivity index (χ3n) is 3.41. The predicted octanol–water partition coefficient (Wildman–Crippen LogP) is 3.02. The first-order valence-corrected chi connectivity index (χ1v) is 7.24. The maximum Gasteiger partial charge on any atom is 0.335 e. The Morgan fingerprint density at radius 3 is 1.80 bits per heavy atom. The van der Waals surface area contributed by atoms with Gasteiger partial charge in [0.25, 0.3) is 0 Å². The van der Waals surface area contributed by atoms with Crippen molar-refractivity contribution in [1.82, 2.24) is 0 Å². The molecule has 0 heterocycles. The minimum atomic E-state index is -1.13. The lowest BCUT2D eigenvalue weighted by atomic mass is 10.0. The Labute approximate surface area is 143 Å². The zero-order valence-electron chi connectivity index (χ0n) is 13.0. The monoisotopic (exact) mass is 337 g/mol. The third kappa shape index (κ3) is 4.42. The maximum absolute atomic E-state index is 11.0. The zero-order valence-corrected chi connectivity index (χ0v) is 13.0. The van der Waals surface area contributed by atoms with E-state index in [2.05, 4.69) is 0 Å². The number of carboxylic acid groups (broad SMARTS) is 2. The molecule has 0 saturated carbocycles. The van der Waals surface area contributed by atoms with E-state index in [0.717, 1.165) is 16.8 Å². The van der Waals surface area contributed by atoms with E-state index >= 15 is 0 Å². The zero-order chi connectivity index (χ0) is 18.4. The van der Waals surface area contributed by atoms with E-state index in [1.807, 2.05) is 36.4 Å². The van der Waals surface area contributed by atoms with Gasteiger partial charge in [-0.25, -0.2) is 9.59 Å². The van der Waals surface area contributed by atoms with Gasteiger partial charge >= 0.3 is 11.9 Å². The second-order valence-corrected chi connectivity index (χ2v) is 5.08. The Hall–Kier alpha value is -3.67. The number of nitrogens with two attached hydrogens (primary N) is 1. The van der Waals surface area contributed by atoms with Crippen LogP contribution in [0.5, 0.6) is 0 Å². The van der Waals surface area contributed by atoms with Crippen LogP contribution in [-0.4, -0.2) is 28.1 Å². The molecule has 3 aromatic carbocycles. The Kier molecular flexibility index (Phi) is 5.47. The highest BCUT2D eigenvalue weighted by Crippen LogP contribution is 2.17. The lowest BCUT2D eigenvalue weighted by Crippen LogP contribution is -2.11. The number of aromatic carboxylic acids is 2. The van der Waals surface area contributed by atoms with E-state index in [0.29, 0.717) is 5.56 Å². The topological polar surface area (TPSA) is 118 Å². The van der Waals surface area contributed by atoms with E-state index in [-0.39, 0.29) is 17.0 Å². The first-order valence-electron chi connectivity index (χ1n) is 7.24. The van der Waals surface area contributed by atoms with Crippen LogP contribution in [0.25, 0.3) is 10.8 Å². The number of amides is 1. The minimum absolute atomic E-state index is 0.0186. The molecule has 126 valence electrons. The van der Waals surface area contributed by atoms with Gasteiger partial charge in [-0.3, -0.25) is 4.79 Å². The number of primary amides is 1. The van der Waals surface area contributed by atoms with Crippen molar-refractivity contribution < 1.29 is 24.6 Å². The summed E-state index contributed by atoms with van der Waals surface area (Å²) in [5, 5.41) is 19.0. The molecule has 0 fully saturated rings. The fraction of sp³-hybridized carbons (Fsp3) is 0. The van der Waals surface area contributed by atoms with Crippen molar-refractivity contribution in [2.24, 2.45) is 5.73 Å². The summed E-state index contributed by atoms with van der Waals surface area (Å²) in [7, 11) is 0. The summed E-state index contributed by atoms with van der Waals surface area (Å²) in [4.78, 5) is 31.8. The molecule has 0 aromatic heterocycles. The average molecular weight is 337 g/mol. The molecule has 6 nitrogen and oxygen atoms in total. The van der Waals surface area contributed by atoms with Gasteiger partial charge in [0.05, 0.1) is 11.1 Å². The quantitative estimate of drug-likeness (QED) is 0.679. The van der Waals surface area contributed by atoms with Gasteiger partial charge < -0.3 is 15.9 Å². The van der Waals surface area contributed by atoms with Crippen LogP contribution in [-0.2, 0) is 0 Å². The molecule has 0 bridgehead atoms. The SMILES string of the molecule is NC(=O)c1cccc2ccccc12.O=C(O)c1cccc(C(=O)O)c1. The summed E-state index contributed by atoms with van der Waals surface area (Å²) in [5.74, 6) is -2.63. The highest BCUT2D eigenvalue weighted by atomic mass is 16.4. The number of rotatable bonds is 3. The van der Waals surface area contributed by atoms with E-state index in [1.165, 1.54) is 18.2 Å². The van der Waals surface area contributed by atoms with Crippen LogP contribution >= 0.6 is 0 Å². The Morgan fingerprint density at radius 1 is 0.720 bits per heavy atom. The maximum atomic E-state index is 11.0. The van der Waals surface area contributed by atoms with Gasteiger partial charge in [0.1, 0.15) is 0 Å².